The number of imidazole rings is 1. The average molecular weight is 237 g/mol. The molecular formula is C10H19N7. The molecule has 0 spiro atoms. The summed E-state index contributed by atoms with van der Waals surface area (Å²) in [7, 11) is 3.54. The molecule has 1 aliphatic rings. The van der Waals surface area contributed by atoms with Gasteiger partial charge in [-0.05, 0) is 0 Å². The van der Waals surface area contributed by atoms with E-state index in [2.05, 4.69) is 28.6 Å². The summed E-state index contributed by atoms with van der Waals surface area (Å²) in [4.78, 5) is 4.41. The van der Waals surface area contributed by atoms with Gasteiger partial charge in [0, 0.05) is 27.2 Å². The van der Waals surface area contributed by atoms with Gasteiger partial charge in [0.2, 0.25) is 0 Å². The maximum atomic E-state index is 5.78. The van der Waals surface area contributed by atoms with Crippen molar-refractivity contribution in [1.29, 1.82) is 0 Å². The van der Waals surface area contributed by atoms with Crippen LogP contribution in [0.25, 0.3) is 0 Å². The van der Waals surface area contributed by atoms with Crippen LogP contribution in [0.1, 0.15) is 17.2 Å². The highest BCUT2D eigenvalue weighted by atomic mass is 15.6. The molecule has 0 aromatic carbocycles. The maximum Gasteiger partial charge on any atom is 0.188 e. The number of rotatable bonds is 2. The lowest BCUT2D eigenvalue weighted by Gasteiger charge is -2.07. The van der Waals surface area contributed by atoms with E-state index in [1.165, 1.54) is 5.12 Å². The molecule has 0 saturated carbocycles. The fourth-order valence-electron chi connectivity index (χ4n) is 1.69. The first-order valence-corrected chi connectivity index (χ1v) is 5.17. The number of amidine groups is 1. The molecule has 1 aromatic rings. The summed E-state index contributed by atoms with van der Waals surface area (Å²) in [6.07, 6.45) is 0. The van der Waals surface area contributed by atoms with E-state index in [1.54, 1.807) is 7.05 Å². The standard InChI is InChI=1S/C8H15N7.C2H4/c1-14-6-4-11-3-5(6)12-8(14)7(9)13-15(2)10;1-2/h11H,3-4,10H2,1-2H3,(H2,9,13);1-2H2. The van der Waals surface area contributed by atoms with Crippen LogP contribution in [-0.2, 0) is 20.1 Å². The molecule has 1 aromatic heterocycles. The Morgan fingerprint density at radius 1 is 1.53 bits per heavy atom. The van der Waals surface area contributed by atoms with Gasteiger partial charge in [-0.2, -0.15) is 0 Å². The Bertz CT molecular complexity index is 419. The molecule has 0 fully saturated rings. The number of nitrogens with one attached hydrogen (secondary N) is 1. The molecule has 7 nitrogen and oxygen atoms in total. The SMILES string of the molecule is C=C.CN(N)/N=C(\N)c1nc2c(n1C)CNC2. The topological polar surface area (TPSA) is 97.5 Å². The number of fused-ring (bicyclic) bond motifs is 1. The Morgan fingerprint density at radius 2 is 2.18 bits per heavy atom. The van der Waals surface area contributed by atoms with Gasteiger partial charge >= 0.3 is 0 Å². The zero-order valence-corrected chi connectivity index (χ0v) is 10.3. The summed E-state index contributed by atoms with van der Waals surface area (Å²) < 4.78 is 1.94. The predicted octanol–water partition coefficient (Wildman–Crippen LogP) is -0.749. The fourth-order valence-corrected chi connectivity index (χ4v) is 1.69. The number of hydrogen-bond acceptors (Lipinski definition) is 5. The van der Waals surface area contributed by atoms with E-state index in [1.807, 2.05) is 11.6 Å². The lowest BCUT2D eigenvalue weighted by Crippen LogP contribution is -2.28. The van der Waals surface area contributed by atoms with Crippen molar-refractivity contribution in [2.75, 3.05) is 7.05 Å². The summed E-state index contributed by atoms with van der Waals surface area (Å²) in [6, 6.07) is 0. The van der Waals surface area contributed by atoms with Gasteiger partial charge < -0.3 is 15.6 Å². The molecule has 0 saturated heterocycles. The quantitative estimate of drug-likeness (QED) is 0.207. The Balaban J connectivity index is 0.000000686. The molecule has 7 heteroatoms. The lowest BCUT2D eigenvalue weighted by molar-refractivity contribution is 0.371. The molecule has 0 unspecified atom stereocenters. The Hall–Kier alpha value is -1.86. The molecule has 5 N–H and O–H groups in total. The first-order valence-electron chi connectivity index (χ1n) is 5.17. The molecule has 0 atom stereocenters. The molecular weight excluding hydrogens is 218 g/mol. The molecule has 2 rings (SSSR count). The van der Waals surface area contributed by atoms with Gasteiger partial charge in [-0.1, -0.05) is 0 Å². The summed E-state index contributed by atoms with van der Waals surface area (Å²) in [5, 5.41) is 8.31. The third-order valence-electron chi connectivity index (χ3n) is 2.38. The monoisotopic (exact) mass is 237 g/mol. The van der Waals surface area contributed by atoms with Gasteiger partial charge in [-0.15, -0.1) is 18.3 Å². The van der Waals surface area contributed by atoms with E-state index in [9.17, 15) is 0 Å². The zero-order chi connectivity index (χ0) is 13.0. The van der Waals surface area contributed by atoms with E-state index >= 15 is 0 Å². The van der Waals surface area contributed by atoms with E-state index in [-0.39, 0.29) is 0 Å². The second-order valence-corrected chi connectivity index (χ2v) is 3.55. The highest BCUT2D eigenvalue weighted by Crippen LogP contribution is 2.15. The van der Waals surface area contributed by atoms with Crippen molar-refractivity contribution in [2.24, 2.45) is 23.7 Å². The van der Waals surface area contributed by atoms with Crippen molar-refractivity contribution in [3.63, 3.8) is 0 Å². The van der Waals surface area contributed by atoms with Crippen LogP contribution in [0.3, 0.4) is 0 Å². The minimum atomic E-state index is 0.330. The number of aromatic nitrogens is 2. The van der Waals surface area contributed by atoms with Crippen LogP contribution in [0.4, 0.5) is 0 Å². The van der Waals surface area contributed by atoms with Crippen molar-refractivity contribution < 1.29 is 0 Å². The van der Waals surface area contributed by atoms with Gasteiger partial charge in [0.05, 0.1) is 11.4 Å². The van der Waals surface area contributed by atoms with Crippen LogP contribution < -0.4 is 16.9 Å². The van der Waals surface area contributed by atoms with Crippen molar-refractivity contribution in [3.05, 3.63) is 30.4 Å². The van der Waals surface area contributed by atoms with Crippen LogP contribution in [-0.4, -0.2) is 27.6 Å². The van der Waals surface area contributed by atoms with Crippen LogP contribution in [0, 0.1) is 0 Å². The van der Waals surface area contributed by atoms with Crippen LogP contribution in [0.15, 0.2) is 18.3 Å². The third-order valence-corrected chi connectivity index (χ3v) is 2.38. The molecule has 2 heterocycles. The molecule has 0 bridgehead atoms. The lowest BCUT2D eigenvalue weighted by atomic mass is 10.4. The van der Waals surface area contributed by atoms with Crippen LogP contribution in [0.5, 0.6) is 0 Å². The zero-order valence-electron chi connectivity index (χ0n) is 10.3. The van der Waals surface area contributed by atoms with Crippen LogP contribution >= 0.6 is 0 Å². The molecule has 17 heavy (non-hydrogen) atoms. The van der Waals surface area contributed by atoms with Crippen molar-refractivity contribution in [3.8, 4) is 0 Å². The second-order valence-electron chi connectivity index (χ2n) is 3.55. The summed E-state index contributed by atoms with van der Waals surface area (Å²) in [6.45, 7) is 7.61. The van der Waals surface area contributed by atoms with E-state index in [4.69, 9.17) is 11.6 Å². The van der Waals surface area contributed by atoms with Gasteiger partial charge in [0.25, 0.3) is 0 Å². The molecule has 0 aliphatic carbocycles. The van der Waals surface area contributed by atoms with Crippen LogP contribution in [0.2, 0.25) is 0 Å². The molecule has 0 amide bonds. The number of hydrogen-bond donors (Lipinski definition) is 3. The van der Waals surface area contributed by atoms with Crippen molar-refractivity contribution in [2.45, 2.75) is 13.1 Å². The van der Waals surface area contributed by atoms with E-state index in [0.29, 0.717) is 11.7 Å². The van der Waals surface area contributed by atoms with Gasteiger partial charge in [0.15, 0.2) is 11.7 Å². The second kappa shape index (κ2) is 5.46. The van der Waals surface area contributed by atoms with E-state index < -0.39 is 0 Å². The number of nitrogens with zero attached hydrogens (tertiary/aromatic N) is 4. The minimum absolute atomic E-state index is 0.330. The largest absolute Gasteiger partial charge is 0.379 e. The Labute approximate surface area is 101 Å². The summed E-state index contributed by atoms with van der Waals surface area (Å²) in [5.41, 5.74) is 7.97. The first kappa shape index (κ1) is 13.2. The number of hydrazone groups is 1. The Morgan fingerprint density at radius 3 is 2.71 bits per heavy atom. The molecule has 0 radical (unpaired) electrons. The normalized spacial score (nSPS) is 13.9. The highest BCUT2D eigenvalue weighted by molar-refractivity contribution is 5.94. The highest BCUT2D eigenvalue weighted by Gasteiger charge is 2.20. The van der Waals surface area contributed by atoms with E-state index in [0.717, 1.165) is 24.5 Å². The van der Waals surface area contributed by atoms with Crippen molar-refractivity contribution in [1.82, 2.24) is 20.0 Å². The average Bonchev–Trinajstić information content (AvgIpc) is 2.84. The van der Waals surface area contributed by atoms with Gasteiger partial charge in [0.1, 0.15) is 0 Å². The van der Waals surface area contributed by atoms with Gasteiger partial charge in [-0.3, -0.25) is 0 Å². The maximum absolute atomic E-state index is 5.78. The third kappa shape index (κ3) is 2.63. The molecule has 94 valence electrons. The number of hydrazine groups is 1. The molecule has 1 aliphatic heterocycles. The number of nitrogens with two attached hydrogens (primary N) is 2. The first-order chi connectivity index (χ1) is 8.09. The van der Waals surface area contributed by atoms with Crippen molar-refractivity contribution >= 4 is 5.84 Å². The Kier molecular flexibility index (Phi) is 4.24. The summed E-state index contributed by atoms with van der Waals surface area (Å²) in [5.74, 6) is 6.38. The van der Waals surface area contributed by atoms with Gasteiger partial charge in [-0.25, -0.2) is 15.9 Å². The predicted molar refractivity (Wildman–Crippen MR) is 67.7 cm³/mol. The fraction of sp³-hybridized carbons (Fsp3) is 0.400. The minimum Gasteiger partial charge on any atom is -0.379 e. The smallest absolute Gasteiger partial charge is 0.188 e. The summed E-state index contributed by atoms with van der Waals surface area (Å²) >= 11 is 0.